The third kappa shape index (κ3) is 4.07. The highest BCUT2D eigenvalue weighted by Crippen LogP contribution is 2.28. The van der Waals surface area contributed by atoms with Crippen LogP contribution in [-0.2, 0) is 4.74 Å². The van der Waals surface area contributed by atoms with Crippen LogP contribution in [0, 0.1) is 10.1 Å². The van der Waals surface area contributed by atoms with Crippen LogP contribution in [0.25, 0.3) is 0 Å². The molecule has 0 saturated heterocycles. The zero-order valence-electron chi connectivity index (χ0n) is 10.1. The first-order valence-electron chi connectivity index (χ1n) is 4.96. The molecule has 19 heavy (non-hydrogen) atoms. The van der Waals surface area contributed by atoms with Gasteiger partial charge in [-0.15, -0.1) is 0 Å². The molecule has 0 aliphatic heterocycles. The molecule has 102 valence electrons. The Bertz CT molecular complexity index is 520. The Morgan fingerprint density at radius 2 is 2.11 bits per heavy atom. The van der Waals surface area contributed by atoms with E-state index < -0.39 is 11.0 Å². The highest BCUT2D eigenvalue weighted by atomic mass is 32.1. The van der Waals surface area contributed by atoms with Gasteiger partial charge in [0.15, 0.2) is 5.11 Å². The van der Waals surface area contributed by atoms with Crippen LogP contribution in [-0.4, -0.2) is 30.3 Å². The summed E-state index contributed by atoms with van der Waals surface area (Å²) in [6.07, 6.45) is -0.724. The maximum atomic E-state index is 10.9. The minimum absolute atomic E-state index is 0.0148. The van der Waals surface area contributed by atoms with Gasteiger partial charge in [0.1, 0.15) is 5.75 Å². The zero-order valence-corrected chi connectivity index (χ0v) is 10.9. The van der Waals surface area contributed by atoms with E-state index in [1.54, 1.807) is 0 Å². The summed E-state index contributed by atoms with van der Waals surface area (Å²) >= 11 is 4.86. The van der Waals surface area contributed by atoms with E-state index in [0.717, 1.165) is 0 Å². The second-order valence-corrected chi connectivity index (χ2v) is 3.62. The summed E-state index contributed by atoms with van der Waals surface area (Å²) in [5.74, 6) is 0.225. The van der Waals surface area contributed by atoms with Crippen molar-refractivity contribution in [3.05, 3.63) is 28.3 Å². The fraction of sp³-hybridized carbons (Fsp3) is 0.200. The van der Waals surface area contributed by atoms with E-state index in [1.807, 2.05) is 0 Å². The number of alkyl carbamates (subject to hydrolysis) is 1. The van der Waals surface area contributed by atoms with Crippen LogP contribution in [0.2, 0.25) is 0 Å². The van der Waals surface area contributed by atoms with E-state index in [-0.39, 0.29) is 16.5 Å². The number of ether oxygens (including phenoxy) is 2. The average molecular weight is 285 g/mol. The van der Waals surface area contributed by atoms with Gasteiger partial charge < -0.3 is 14.8 Å². The molecule has 9 heteroatoms. The molecule has 2 N–H and O–H groups in total. The molecule has 0 atom stereocenters. The van der Waals surface area contributed by atoms with Crippen LogP contribution in [0.3, 0.4) is 0 Å². The highest BCUT2D eigenvalue weighted by molar-refractivity contribution is 7.80. The number of nitro groups is 1. The molecule has 0 spiro atoms. The lowest BCUT2D eigenvalue weighted by Crippen LogP contribution is -2.34. The van der Waals surface area contributed by atoms with Crippen LogP contribution >= 0.6 is 12.2 Å². The summed E-state index contributed by atoms with van der Waals surface area (Å²) in [4.78, 5) is 21.0. The lowest BCUT2D eigenvalue weighted by Gasteiger charge is -2.11. The van der Waals surface area contributed by atoms with E-state index in [4.69, 9.17) is 17.0 Å². The number of hydrogen-bond acceptors (Lipinski definition) is 6. The first-order chi connectivity index (χ1) is 8.97. The number of rotatable bonds is 3. The van der Waals surface area contributed by atoms with Crippen LogP contribution < -0.4 is 15.4 Å². The topological polar surface area (TPSA) is 103 Å². The van der Waals surface area contributed by atoms with Crippen LogP contribution in [0.1, 0.15) is 0 Å². The molecule has 0 fully saturated rings. The molecule has 0 aliphatic rings. The second kappa shape index (κ2) is 6.50. The van der Waals surface area contributed by atoms with Gasteiger partial charge in [-0.25, -0.2) is 4.79 Å². The molecule has 8 nitrogen and oxygen atoms in total. The molecular formula is C10H11N3O5S. The fourth-order valence-electron chi connectivity index (χ4n) is 1.19. The Labute approximate surface area is 113 Å². The molecule has 0 radical (unpaired) electrons. The number of benzene rings is 1. The normalized spacial score (nSPS) is 9.37. The predicted octanol–water partition coefficient (Wildman–Crippen LogP) is 1.66. The monoisotopic (exact) mass is 285 g/mol. The minimum atomic E-state index is -0.724. The van der Waals surface area contributed by atoms with Crippen LogP contribution in [0.15, 0.2) is 18.2 Å². The van der Waals surface area contributed by atoms with Gasteiger partial charge in [0.05, 0.1) is 30.9 Å². The lowest BCUT2D eigenvalue weighted by molar-refractivity contribution is -0.384. The molecule has 1 rings (SSSR count). The van der Waals surface area contributed by atoms with E-state index in [0.29, 0.717) is 5.69 Å². The number of amides is 1. The summed E-state index contributed by atoms with van der Waals surface area (Å²) in [5.41, 5.74) is 0.267. The van der Waals surface area contributed by atoms with Crippen molar-refractivity contribution >= 4 is 34.8 Å². The fourth-order valence-corrected chi connectivity index (χ4v) is 1.39. The van der Waals surface area contributed by atoms with Gasteiger partial charge in [-0.05, 0) is 18.3 Å². The molecule has 0 saturated carbocycles. The third-order valence-electron chi connectivity index (χ3n) is 2.05. The number of anilines is 1. The van der Waals surface area contributed by atoms with Gasteiger partial charge in [0, 0.05) is 6.07 Å². The van der Waals surface area contributed by atoms with Crippen molar-refractivity contribution < 1.29 is 19.2 Å². The van der Waals surface area contributed by atoms with Crippen molar-refractivity contribution in [2.75, 3.05) is 19.5 Å². The van der Waals surface area contributed by atoms with Gasteiger partial charge in [0.25, 0.3) is 5.69 Å². The predicted molar refractivity (Wildman–Crippen MR) is 71.4 cm³/mol. The van der Waals surface area contributed by atoms with Crippen molar-refractivity contribution in [1.82, 2.24) is 5.32 Å². The maximum absolute atomic E-state index is 10.9. The van der Waals surface area contributed by atoms with Crippen molar-refractivity contribution in [1.29, 1.82) is 0 Å². The Balaban J connectivity index is 2.86. The average Bonchev–Trinajstić information content (AvgIpc) is 2.38. The maximum Gasteiger partial charge on any atom is 0.413 e. The van der Waals surface area contributed by atoms with E-state index in [9.17, 15) is 14.9 Å². The SMILES string of the molecule is COC(=O)NC(=S)Nc1ccc([N+](=O)[O-])cc1OC. The molecule has 0 bridgehead atoms. The zero-order chi connectivity index (χ0) is 14.4. The smallest absolute Gasteiger partial charge is 0.413 e. The highest BCUT2D eigenvalue weighted by Gasteiger charge is 2.13. The van der Waals surface area contributed by atoms with E-state index >= 15 is 0 Å². The molecule has 1 amide bonds. The Kier molecular flexibility index (Phi) is 5.01. The van der Waals surface area contributed by atoms with E-state index in [1.165, 1.54) is 32.4 Å². The van der Waals surface area contributed by atoms with Crippen molar-refractivity contribution in [3.8, 4) is 5.75 Å². The summed E-state index contributed by atoms with van der Waals surface area (Å²) in [7, 11) is 2.56. The minimum Gasteiger partial charge on any atom is -0.494 e. The number of nitro benzene ring substituents is 1. The van der Waals surface area contributed by atoms with Crippen molar-refractivity contribution in [3.63, 3.8) is 0 Å². The number of carbonyl (C=O) groups is 1. The quantitative estimate of drug-likeness (QED) is 0.494. The van der Waals surface area contributed by atoms with Crippen molar-refractivity contribution in [2.45, 2.75) is 0 Å². The third-order valence-corrected chi connectivity index (χ3v) is 2.25. The molecule has 0 unspecified atom stereocenters. The number of hydrogen-bond donors (Lipinski definition) is 2. The molecule has 1 aromatic rings. The van der Waals surface area contributed by atoms with Crippen LogP contribution in [0.5, 0.6) is 5.75 Å². The van der Waals surface area contributed by atoms with Gasteiger partial charge >= 0.3 is 6.09 Å². The number of non-ortho nitro benzene ring substituents is 1. The number of nitrogens with zero attached hydrogens (tertiary/aromatic N) is 1. The van der Waals surface area contributed by atoms with Gasteiger partial charge in [-0.2, -0.15) is 0 Å². The Morgan fingerprint density at radius 1 is 1.42 bits per heavy atom. The lowest BCUT2D eigenvalue weighted by atomic mass is 10.2. The van der Waals surface area contributed by atoms with Crippen molar-refractivity contribution in [2.24, 2.45) is 0 Å². The molecule has 0 heterocycles. The Morgan fingerprint density at radius 3 is 2.63 bits per heavy atom. The standard InChI is InChI=1S/C10H11N3O5S/c1-17-8-5-6(13(15)16)3-4-7(8)11-9(19)12-10(14)18-2/h3-5H,1-2H3,(H2,11,12,14,19). The largest absolute Gasteiger partial charge is 0.494 e. The van der Waals surface area contributed by atoms with Gasteiger partial charge in [-0.1, -0.05) is 0 Å². The second-order valence-electron chi connectivity index (χ2n) is 3.21. The number of nitrogens with one attached hydrogen (secondary N) is 2. The van der Waals surface area contributed by atoms with E-state index in [2.05, 4.69) is 15.4 Å². The summed E-state index contributed by atoms with van der Waals surface area (Å²) < 4.78 is 9.37. The number of methoxy groups -OCH3 is 2. The van der Waals surface area contributed by atoms with Gasteiger partial charge in [-0.3, -0.25) is 15.4 Å². The van der Waals surface area contributed by atoms with Crippen LogP contribution in [0.4, 0.5) is 16.2 Å². The summed E-state index contributed by atoms with van der Waals surface area (Å²) in [5, 5.41) is 15.5. The molecular weight excluding hydrogens is 274 g/mol. The first kappa shape index (κ1) is 14.6. The molecule has 1 aromatic carbocycles. The molecule has 0 aromatic heterocycles. The summed E-state index contributed by atoms with van der Waals surface area (Å²) in [6, 6.07) is 3.94. The first-order valence-corrected chi connectivity index (χ1v) is 5.37. The Hall–Kier alpha value is -2.42. The number of thiocarbonyl (C=S) groups is 1. The van der Waals surface area contributed by atoms with Gasteiger partial charge in [0.2, 0.25) is 0 Å². The summed E-state index contributed by atoms with van der Waals surface area (Å²) in [6.45, 7) is 0. The molecule has 0 aliphatic carbocycles. The number of carbonyl (C=O) groups excluding carboxylic acids is 1.